The van der Waals surface area contributed by atoms with E-state index < -0.39 is 5.60 Å². The van der Waals surface area contributed by atoms with Crippen LogP contribution in [0.5, 0.6) is 0 Å². The number of aliphatic hydroxyl groups is 1. The average Bonchev–Trinajstić information content (AvgIpc) is 2.33. The van der Waals surface area contributed by atoms with E-state index in [2.05, 4.69) is 24.0 Å². The van der Waals surface area contributed by atoms with Crippen molar-refractivity contribution in [2.45, 2.75) is 12.0 Å². The minimum Gasteiger partial charge on any atom is -0.385 e. The number of halogens is 1. The van der Waals surface area contributed by atoms with E-state index in [1.807, 2.05) is 23.9 Å². The molecule has 0 radical (unpaired) electrons. The van der Waals surface area contributed by atoms with Crippen LogP contribution < -0.4 is 0 Å². The predicted molar refractivity (Wildman–Crippen MR) is 79.4 cm³/mol. The van der Waals surface area contributed by atoms with E-state index in [0.29, 0.717) is 0 Å². The number of aromatic nitrogens is 1. The van der Waals surface area contributed by atoms with Crippen LogP contribution in [0.25, 0.3) is 0 Å². The van der Waals surface area contributed by atoms with Crippen molar-refractivity contribution in [2.24, 2.45) is 5.92 Å². The second-order valence-electron chi connectivity index (χ2n) is 4.95. The molecule has 2 heterocycles. The van der Waals surface area contributed by atoms with Crippen molar-refractivity contribution in [1.29, 1.82) is 0 Å². The summed E-state index contributed by atoms with van der Waals surface area (Å²) in [6.07, 6.45) is 4.38. The highest BCUT2D eigenvalue weighted by atomic mass is 35.5. The molecule has 0 aliphatic carbocycles. The van der Waals surface area contributed by atoms with Crippen LogP contribution >= 0.6 is 24.2 Å². The summed E-state index contributed by atoms with van der Waals surface area (Å²) >= 11 is 1.93. The third kappa shape index (κ3) is 3.38. The molecule has 1 aromatic heterocycles. The van der Waals surface area contributed by atoms with Gasteiger partial charge in [0.15, 0.2) is 0 Å². The van der Waals surface area contributed by atoms with Crippen LogP contribution in [0.3, 0.4) is 0 Å². The molecule has 2 rings (SSSR count). The van der Waals surface area contributed by atoms with E-state index >= 15 is 0 Å². The van der Waals surface area contributed by atoms with E-state index in [9.17, 15) is 5.11 Å². The number of pyridine rings is 1. The zero-order valence-electron chi connectivity index (χ0n) is 10.9. The number of thioether (sulfide) groups is 1. The van der Waals surface area contributed by atoms with Gasteiger partial charge in [-0.1, -0.05) is 6.07 Å². The Hall–Kier alpha value is -0.290. The molecule has 2 unspecified atom stereocenters. The Labute approximate surface area is 119 Å². The van der Waals surface area contributed by atoms with Crippen molar-refractivity contribution in [2.75, 3.05) is 32.1 Å². The monoisotopic (exact) mass is 288 g/mol. The number of hydrogen-bond acceptors (Lipinski definition) is 4. The fourth-order valence-electron chi connectivity index (χ4n) is 2.44. The van der Waals surface area contributed by atoms with E-state index in [1.54, 1.807) is 12.4 Å². The molecular weight excluding hydrogens is 268 g/mol. The topological polar surface area (TPSA) is 36.4 Å². The van der Waals surface area contributed by atoms with Crippen LogP contribution in [0, 0.1) is 5.92 Å². The molecule has 102 valence electrons. The lowest BCUT2D eigenvalue weighted by Gasteiger charge is -2.41. The maximum atomic E-state index is 11.0. The van der Waals surface area contributed by atoms with E-state index in [-0.39, 0.29) is 18.3 Å². The van der Waals surface area contributed by atoms with Gasteiger partial charge in [0.2, 0.25) is 0 Å². The number of rotatable bonds is 3. The van der Waals surface area contributed by atoms with Gasteiger partial charge in [-0.15, -0.1) is 12.4 Å². The summed E-state index contributed by atoms with van der Waals surface area (Å²) in [6, 6.07) is 3.90. The Morgan fingerprint density at radius 3 is 2.94 bits per heavy atom. The van der Waals surface area contributed by atoms with Gasteiger partial charge in [-0.25, -0.2) is 0 Å². The van der Waals surface area contributed by atoms with Gasteiger partial charge in [0.05, 0.1) is 5.60 Å². The quantitative estimate of drug-likeness (QED) is 0.923. The molecule has 0 amide bonds. The van der Waals surface area contributed by atoms with Crippen LogP contribution in [0.4, 0.5) is 0 Å². The summed E-state index contributed by atoms with van der Waals surface area (Å²) in [7, 11) is 4.12. The Morgan fingerprint density at radius 1 is 1.56 bits per heavy atom. The van der Waals surface area contributed by atoms with Gasteiger partial charge in [-0.2, -0.15) is 11.8 Å². The molecule has 1 aliphatic rings. The van der Waals surface area contributed by atoms with Crippen molar-refractivity contribution in [3.05, 3.63) is 30.1 Å². The first-order valence-corrected chi connectivity index (χ1v) is 7.14. The lowest BCUT2D eigenvalue weighted by molar-refractivity contribution is -0.0296. The minimum atomic E-state index is -0.705. The van der Waals surface area contributed by atoms with Crippen molar-refractivity contribution >= 4 is 24.2 Å². The zero-order valence-corrected chi connectivity index (χ0v) is 12.5. The van der Waals surface area contributed by atoms with Crippen LogP contribution in [-0.4, -0.2) is 47.1 Å². The van der Waals surface area contributed by atoms with E-state index in [4.69, 9.17) is 0 Å². The summed E-state index contributed by atoms with van der Waals surface area (Å²) in [4.78, 5) is 6.29. The first kappa shape index (κ1) is 15.8. The zero-order chi connectivity index (χ0) is 12.3. The van der Waals surface area contributed by atoms with Gasteiger partial charge >= 0.3 is 0 Å². The van der Waals surface area contributed by atoms with Crippen LogP contribution in [0.2, 0.25) is 0 Å². The Morgan fingerprint density at radius 2 is 2.33 bits per heavy atom. The smallest absolute Gasteiger partial charge is 0.0967 e. The largest absolute Gasteiger partial charge is 0.385 e. The molecule has 0 aromatic carbocycles. The average molecular weight is 289 g/mol. The van der Waals surface area contributed by atoms with E-state index in [1.165, 1.54) is 0 Å². The molecule has 1 aromatic rings. The molecule has 1 aliphatic heterocycles. The molecule has 0 saturated carbocycles. The van der Waals surface area contributed by atoms with Gasteiger partial charge in [0.25, 0.3) is 0 Å². The fraction of sp³-hybridized carbons (Fsp3) is 0.615. The van der Waals surface area contributed by atoms with Crippen LogP contribution in [-0.2, 0) is 5.60 Å². The Kier molecular flexibility index (Phi) is 5.92. The molecule has 2 atom stereocenters. The maximum absolute atomic E-state index is 11.0. The molecular formula is C13H21ClN2OS. The fourth-order valence-corrected chi connectivity index (χ4v) is 3.73. The highest BCUT2D eigenvalue weighted by Crippen LogP contribution is 2.40. The van der Waals surface area contributed by atoms with Gasteiger partial charge in [0.1, 0.15) is 0 Å². The number of nitrogens with zero attached hydrogens (tertiary/aromatic N) is 2. The Bertz CT molecular complexity index is 363. The van der Waals surface area contributed by atoms with Crippen molar-refractivity contribution in [1.82, 2.24) is 9.88 Å². The highest BCUT2D eigenvalue weighted by molar-refractivity contribution is 7.99. The van der Waals surface area contributed by atoms with Gasteiger partial charge in [-0.3, -0.25) is 4.98 Å². The summed E-state index contributed by atoms with van der Waals surface area (Å²) in [6.45, 7) is 0.915. The molecule has 5 heteroatoms. The standard InChI is InChI=1S/C13H20N2OS.ClH/c1-15(2)9-12-10-17-7-5-13(12,16)11-4-3-6-14-8-11;/h3-4,6,8,12,16H,5,7,9-10H2,1-2H3;1H. The van der Waals surface area contributed by atoms with Crippen molar-refractivity contribution < 1.29 is 5.11 Å². The highest BCUT2D eigenvalue weighted by Gasteiger charge is 2.40. The summed E-state index contributed by atoms with van der Waals surface area (Å²) in [5, 5.41) is 11.0. The van der Waals surface area contributed by atoms with Crippen molar-refractivity contribution in [3.63, 3.8) is 0 Å². The SMILES string of the molecule is CN(C)CC1CSCCC1(O)c1cccnc1.Cl. The third-order valence-electron chi connectivity index (χ3n) is 3.37. The summed E-state index contributed by atoms with van der Waals surface area (Å²) in [5.74, 6) is 2.32. The van der Waals surface area contributed by atoms with Crippen LogP contribution in [0.1, 0.15) is 12.0 Å². The van der Waals surface area contributed by atoms with Crippen molar-refractivity contribution in [3.8, 4) is 0 Å². The number of hydrogen-bond donors (Lipinski definition) is 1. The molecule has 1 fully saturated rings. The first-order valence-electron chi connectivity index (χ1n) is 5.98. The lowest BCUT2D eigenvalue weighted by Crippen LogP contribution is -2.45. The second kappa shape index (κ2) is 6.75. The first-order chi connectivity index (χ1) is 8.13. The second-order valence-corrected chi connectivity index (χ2v) is 6.10. The predicted octanol–water partition coefficient (Wildman–Crippen LogP) is 2.01. The maximum Gasteiger partial charge on any atom is 0.0967 e. The minimum absolute atomic E-state index is 0. The molecule has 1 N–H and O–H groups in total. The lowest BCUT2D eigenvalue weighted by atomic mass is 9.80. The molecule has 0 bridgehead atoms. The normalized spacial score (nSPS) is 27.9. The summed E-state index contributed by atoms with van der Waals surface area (Å²) in [5.41, 5.74) is 0.260. The van der Waals surface area contributed by atoms with Crippen LogP contribution in [0.15, 0.2) is 24.5 Å². The molecule has 1 saturated heterocycles. The Balaban J connectivity index is 0.00000162. The van der Waals surface area contributed by atoms with E-state index in [0.717, 1.165) is 30.0 Å². The van der Waals surface area contributed by atoms with Gasteiger partial charge in [0, 0.05) is 36.2 Å². The molecule has 18 heavy (non-hydrogen) atoms. The van der Waals surface area contributed by atoms with Gasteiger partial charge in [-0.05, 0) is 32.3 Å². The van der Waals surface area contributed by atoms with Gasteiger partial charge < -0.3 is 10.0 Å². The molecule has 3 nitrogen and oxygen atoms in total. The molecule has 0 spiro atoms. The summed E-state index contributed by atoms with van der Waals surface area (Å²) < 4.78 is 0. The third-order valence-corrected chi connectivity index (χ3v) is 4.50.